The zero-order valence-electron chi connectivity index (χ0n) is 18.1. The third-order valence-electron chi connectivity index (χ3n) is 6.18. The number of hydrogen-bond donors (Lipinski definition) is 1. The quantitative estimate of drug-likeness (QED) is 0.344. The van der Waals surface area contributed by atoms with Crippen LogP contribution in [0.1, 0.15) is 27.7 Å². The number of aliphatic hydroxyl groups is 1. The maximum absolute atomic E-state index is 10.4. The van der Waals surface area contributed by atoms with Gasteiger partial charge >= 0.3 is 7.48 Å². The molecule has 5 rings (SSSR count). The molecule has 0 saturated carbocycles. The zero-order chi connectivity index (χ0) is 21.8. The molecule has 0 spiro atoms. The second-order valence-corrected chi connectivity index (χ2v) is 11.0. The zero-order valence-corrected chi connectivity index (χ0v) is 19.7. The molecule has 0 saturated heterocycles. The average Bonchev–Trinajstić information content (AvgIpc) is 3.32. The molecular formula is C25H24BNO2S2. The molecule has 2 heterocycles. The highest BCUT2D eigenvalue weighted by atomic mass is 32.1. The fraction of sp³-hybridized carbons (Fsp3) is 0.240. The van der Waals surface area contributed by atoms with Crippen molar-refractivity contribution in [3.63, 3.8) is 0 Å². The maximum atomic E-state index is 10.4. The van der Waals surface area contributed by atoms with Gasteiger partial charge in [0.2, 0.25) is 0 Å². The van der Waals surface area contributed by atoms with E-state index in [9.17, 15) is 5.11 Å². The molecule has 3 aromatic carbocycles. The van der Waals surface area contributed by atoms with E-state index in [1.165, 1.54) is 24.9 Å². The predicted molar refractivity (Wildman–Crippen MR) is 136 cm³/mol. The standard InChI is InChI=1S/C25H24BNO2S2/c1-24(2,28)25(3,4)29-26-18-9-7-8-16-17-14-15(12-13-20(17)30-22(16)18)23-27-19-10-5-6-11-21(19)31-23/h5-14,26,28H,1-4H3. The number of thiazole rings is 1. The molecule has 0 radical (unpaired) electrons. The van der Waals surface area contributed by atoms with Gasteiger partial charge in [-0.3, -0.25) is 0 Å². The third-order valence-corrected chi connectivity index (χ3v) is 8.53. The highest BCUT2D eigenvalue weighted by Gasteiger charge is 2.35. The van der Waals surface area contributed by atoms with Crippen molar-refractivity contribution in [3.8, 4) is 10.6 Å². The Labute approximate surface area is 190 Å². The van der Waals surface area contributed by atoms with Crippen LogP contribution in [0.25, 0.3) is 41.0 Å². The summed E-state index contributed by atoms with van der Waals surface area (Å²) in [6.07, 6.45) is 0. The fourth-order valence-corrected chi connectivity index (χ4v) is 5.68. The van der Waals surface area contributed by atoms with Crippen LogP contribution in [-0.4, -0.2) is 28.8 Å². The van der Waals surface area contributed by atoms with Gasteiger partial charge in [-0.05, 0) is 62.8 Å². The lowest BCUT2D eigenvalue weighted by atomic mass is 9.82. The first-order valence-electron chi connectivity index (χ1n) is 10.4. The Kier molecular flexibility index (Phi) is 4.94. The maximum Gasteiger partial charge on any atom is 0.310 e. The van der Waals surface area contributed by atoms with Gasteiger partial charge in [-0.25, -0.2) is 4.98 Å². The van der Waals surface area contributed by atoms with Crippen molar-refractivity contribution in [3.05, 3.63) is 60.7 Å². The number of hydrogen-bond acceptors (Lipinski definition) is 5. The van der Waals surface area contributed by atoms with Crippen LogP contribution in [-0.2, 0) is 4.65 Å². The largest absolute Gasteiger partial charge is 0.427 e. The minimum Gasteiger partial charge on any atom is -0.427 e. The summed E-state index contributed by atoms with van der Waals surface area (Å²) in [5, 5.41) is 14.0. The SMILES string of the molecule is CC(C)(O)C(C)(C)OBc1cccc2c1sc1ccc(-c3nc4ccccc4s3)cc12. The number of nitrogens with zero attached hydrogens (tertiary/aromatic N) is 1. The number of benzene rings is 3. The summed E-state index contributed by atoms with van der Waals surface area (Å²) in [6.45, 7) is 7.44. The first-order chi connectivity index (χ1) is 14.7. The Balaban J connectivity index is 1.55. The van der Waals surface area contributed by atoms with Gasteiger partial charge in [-0.1, -0.05) is 36.4 Å². The van der Waals surface area contributed by atoms with E-state index >= 15 is 0 Å². The molecule has 2 aromatic heterocycles. The average molecular weight is 445 g/mol. The fourth-order valence-electron chi connectivity index (χ4n) is 3.53. The summed E-state index contributed by atoms with van der Waals surface area (Å²) in [6, 6.07) is 21.3. The molecule has 3 nitrogen and oxygen atoms in total. The molecule has 5 aromatic rings. The van der Waals surface area contributed by atoms with Gasteiger partial charge in [0.1, 0.15) is 5.01 Å². The Hall–Kier alpha value is -2.25. The summed E-state index contributed by atoms with van der Waals surface area (Å²) >= 11 is 3.53. The van der Waals surface area contributed by atoms with Crippen molar-refractivity contribution < 1.29 is 9.76 Å². The molecule has 0 unspecified atom stereocenters. The van der Waals surface area contributed by atoms with Gasteiger partial charge in [0.05, 0.1) is 21.4 Å². The Bertz CT molecular complexity index is 1380. The van der Waals surface area contributed by atoms with E-state index in [2.05, 4.69) is 54.6 Å². The van der Waals surface area contributed by atoms with Crippen LogP contribution in [0.2, 0.25) is 0 Å². The molecule has 0 aliphatic heterocycles. The van der Waals surface area contributed by atoms with Crippen LogP contribution in [0.15, 0.2) is 60.7 Å². The number of aromatic nitrogens is 1. The minimum absolute atomic E-state index is 0.464. The number of rotatable bonds is 5. The van der Waals surface area contributed by atoms with Gasteiger partial charge in [-0.2, -0.15) is 0 Å². The van der Waals surface area contributed by atoms with E-state index in [1.54, 1.807) is 36.5 Å². The molecule has 0 atom stereocenters. The highest BCUT2D eigenvalue weighted by Crippen LogP contribution is 2.37. The predicted octanol–water partition coefficient (Wildman–Crippen LogP) is 5.87. The first kappa shape index (κ1) is 20.6. The normalized spacial score (nSPS) is 12.8. The van der Waals surface area contributed by atoms with Gasteiger partial charge in [0, 0.05) is 20.3 Å². The molecular weight excluding hydrogens is 421 g/mol. The van der Waals surface area contributed by atoms with Gasteiger partial charge in [0.25, 0.3) is 0 Å². The molecule has 6 heteroatoms. The van der Waals surface area contributed by atoms with Gasteiger partial charge < -0.3 is 9.76 Å². The van der Waals surface area contributed by atoms with E-state index in [-0.39, 0.29) is 0 Å². The highest BCUT2D eigenvalue weighted by molar-refractivity contribution is 7.27. The monoisotopic (exact) mass is 445 g/mol. The molecule has 0 aliphatic rings. The molecule has 156 valence electrons. The lowest BCUT2D eigenvalue weighted by molar-refractivity contribution is -0.0893. The van der Waals surface area contributed by atoms with Crippen LogP contribution in [0.3, 0.4) is 0 Å². The van der Waals surface area contributed by atoms with Crippen LogP contribution >= 0.6 is 22.7 Å². The van der Waals surface area contributed by atoms with E-state index in [1.807, 2.05) is 19.9 Å². The molecule has 0 bridgehead atoms. The number of thiophene rings is 1. The van der Waals surface area contributed by atoms with Crippen molar-refractivity contribution >= 4 is 66.0 Å². The second kappa shape index (κ2) is 7.42. The first-order valence-corrected chi connectivity index (χ1v) is 12.0. The smallest absolute Gasteiger partial charge is 0.310 e. The molecule has 1 N–H and O–H groups in total. The van der Waals surface area contributed by atoms with E-state index < -0.39 is 11.2 Å². The van der Waals surface area contributed by atoms with Crippen LogP contribution in [0, 0.1) is 0 Å². The summed E-state index contributed by atoms with van der Waals surface area (Å²) in [4.78, 5) is 4.83. The molecule has 0 amide bonds. The Morgan fingerprint density at radius 2 is 1.68 bits per heavy atom. The van der Waals surface area contributed by atoms with E-state index in [0.29, 0.717) is 7.48 Å². The Morgan fingerprint density at radius 1 is 0.871 bits per heavy atom. The van der Waals surface area contributed by atoms with Crippen molar-refractivity contribution in [1.29, 1.82) is 0 Å². The molecule has 31 heavy (non-hydrogen) atoms. The van der Waals surface area contributed by atoms with Gasteiger partial charge in [-0.15, -0.1) is 22.7 Å². The molecule has 0 aliphatic carbocycles. The van der Waals surface area contributed by atoms with Gasteiger partial charge in [0.15, 0.2) is 0 Å². The van der Waals surface area contributed by atoms with Crippen LogP contribution in [0.4, 0.5) is 0 Å². The third kappa shape index (κ3) is 3.68. The Morgan fingerprint density at radius 3 is 2.45 bits per heavy atom. The number of para-hydroxylation sites is 1. The molecule has 0 fully saturated rings. The lowest BCUT2D eigenvalue weighted by Crippen LogP contribution is -2.49. The lowest BCUT2D eigenvalue weighted by Gasteiger charge is -2.37. The summed E-state index contributed by atoms with van der Waals surface area (Å²) < 4.78 is 9.87. The topological polar surface area (TPSA) is 42.4 Å². The van der Waals surface area contributed by atoms with E-state index in [4.69, 9.17) is 9.64 Å². The minimum atomic E-state index is -0.923. The van der Waals surface area contributed by atoms with Crippen LogP contribution in [0.5, 0.6) is 0 Å². The van der Waals surface area contributed by atoms with Crippen LogP contribution < -0.4 is 5.46 Å². The van der Waals surface area contributed by atoms with Crippen molar-refractivity contribution in [1.82, 2.24) is 4.98 Å². The van der Waals surface area contributed by atoms with Crippen molar-refractivity contribution in [2.75, 3.05) is 0 Å². The second-order valence-electron chi connectivity index (χ2n) is 8.95. The van der Waals surface area contributed by atoms with E-state index in [0.717, 1.165) is 21.6 Å². The number of fused-ring (bicyclic) bond motifs is 4. The summed E-state index contributed by atoms with van der Waals surface area (Å²) in [7, 11) is 0.464. The summed E-state index contributed by atoms with van der Waals surface area (Å²) in [5.74, 6) is 0. The van der Waals surface area contributed by atoms with Crippen molar-refractivity contribution in [2.24, 2.45) is 0 Å². The summed E-state index contributed by atoms with van der Waals surface area (Å²) in [5.41, 5.74) is 1.78. The van der Waals surface area contributed by atoms with Crippen molar-refractivity contribution in [2.45, 2.75) is 38.9 Å².